The van der Waals surface area contributed by atoms with Crippen molar-refractivity contribution in [2.24, 2.45) is 5.92 Å². The van der Waals surface area contributed by atoms with E-state index in [1.165, 1.54) is 69.1 Å². The Balaban J connectivity index is 1.21. The summed E-state index contributed by atoms with van der Waals surface area (Å²) in [5.41, 5.74) is -0.399. The van der Waals surface area contributed by atoms with Gasteiger partial charge in [-0.3, -0.25) is 0 Å². The first-order valence-electron chi connectivity index (χ1n) is 15.7. The van der Waals surface area contributed by atoms with Crippen LogP contribution in [0, 0.1) is 40.8 Å². The first-order valence-corrected chi connectivity index (χ1v) is 15.7. The molecule has 0 aromatic heterocycles. The second-order valence-electron chi connectivity index (χ2n) is 12.0. The third-order valence-electron chi connectivity index (χ3n) is 8.71. The fourth-order valence-electron chi connectivity index (χ4n) is 6.14. The summed E-state index contributed by atoms with van der Waals surface area (Å²) in [6.45, 7) is 2.37. The molecular weight excluding hydrogens is 628 g/mol. The zero-order valence-electron chi connectivity index (χ0n) is 25.7. The van der Waals surface area contributed by atoms with E-state index >= 15 is 4.39 Å². The van der Waals surface area contributed by atoms with Crippen molar-refractivity contribution in [3.63, 3.8) is 0 Å². The number of hydrogen-bond donors (Lipinski definition) is 0. The maximum atomic E-state index is 15.0. The molecule has 0 radical (unpaired) electrons. The standard InChI is InChI=1S/C37H34F8O2/c1-2-3-4-5-22-6-10-24(11-7-22)25-12-8-23(9-13-25)21-46-27-14-15-29(30(38)18-27)26-16-31(39)35(32(40)17-26)37(44,45)47-28-19-33(41)36(43)34(42)20-28/h8-9,12-20,22,24H,2-7,10-11,21H2,1H3. The number of halogens is 8. The molecule has 0 saturated heterocycles. The SMILES string of the molecule is CCCCCC1CCC(c2ccc(COc3ccc(-c4cc(F)c(C(F)(F)Oc5cc(F)c(F)c(F)c5)c(F)c4)c(F)c3)cc2)CC1. The van der Waals surface area contributed by atoms with Crippen LogP contribution in [0.25, 0.3) is 11.1 Å². The summed E-state index contributed by atoms with van der Waals surface area (Å²) in [7, 11) is 0. The van der Waals surface area contributed by atoms with Crippen LogP contribution < -0.4 is 9.47 Å². The normalized spacial score (nSPS) is 16.7. The number of rotatable bonds is 12. The fraction of sp³-hybridized carbons (Fsp3) is 0.351. The molecule has 4 aromatic carbocycles. The lowest BCUT2D eigenvalue weighted by Gasteiger charge is -2.29. The lowest BCUT2D eigenvalue weighted by molar-refractivity contribution is -0.189. The van der Waals surface area contributed by atoms with Gasteiger partial charge in [0.15, 0.2) is 17.5 Å². The molecule has 47 heavy (non-hydrogen) atoms. The highest BCUT2D eigenvalue weighted by Gasteiger charge is 2.41. The van der Waals surface area contributed by atoms with Gasteiger partial charge in [-0.25, -0.2) is 26.3 Å². The third-order valence-corrected chi connectivity index (χ3v) is 8.71. The average molecular weight is 663 g/mol. The van der Waals surface area contributed by atoms with Crippen molar-refractivity contribution < 1.29 is 44.6 Å². The monoisotopic (exact) mass is 662 g/mol. The summed E-state index contributed by atoms with van der Waals surface area (Å²) in [6, 6.07) is 12.9. The van der Waals surface area contributed by atoms with Gasteiger partial charge in [0.1, 0.15) is 41.1 Å². The Morgan fingerprint density at radius 2 is 1.30 bits per heavy atom. The second kappa shape index (κ2) is 14.8. The summed E-state index contributed by atoms with van der Waals surface area (Å²) in [5, 5.41) is 0. The van der Waals surface area contributed by atoms with E-state index in [9.17, 15) is 30.7 Å². The molecule has 0 N–H and O–H groups in total. The molecule has 5 rings (SSSR count). The Labute approximate surface area is 268 Å². The van der Waals surface area contributed by atoms with Gasteiger partial charge in [0.05, 0.1) is 0 Å². The molecular formula is C37H34F8O2. The van der Waals surface area contributed by atoms with Crippen molar-refractivity contribution in [2.75, 3.05) is 0 Å². The predicted octanol–water partition coefficient (Wildman–Crippen LogP) is 11.7. The second-order valence-corrected chi connectivity index (χ2v) is 12.0. The van der Waals surface area contributed by atoms with E-state index in [0.29, 0.717) is 18.1 Å². The Kier molecular flexibility index (Phi) is 10.8. The lowest BCUT2D eigenvalue weighted by atomic mass is 9.77. The van der Waals surface area contributed by atoms with E-state index in [0.717, 1.165) is 17.5 Å². The Hall–Kier alpha value is -4.08. The fourth-order valence-corrected chi connectivity index (χ4v) is 6.14. The van der Waals surface area contributed by atoms with Crippen LogP contribution in [0.15, 0.2) is 66.7 Å². The maximum Gasteiger partial charge on any atom is 0.432 e. The maximum absolute atomic E-state index is 15.0. The van der Waals surface area contributed by atoms with Crippen LogP contribution in [-0.2, 0) is 12.7 Å². The molecule has 10 heteroatoms. The summed E-state index contributed by atoms with van der Waals surface area (Å²) < 4.78 is 124. The van der Waals surface area contributed by atoms with Gasteiger partial charge in [-0.1, -0.05) is 56.9 Å². The molecule has 0 bridgehead atoms. The zero-order valence-corrected chi connectivity index (χ0v) is 25.7. The van der Waals surface area contributed by atoms with Gasteiger partial charge in [0.2, 0.25) is 0 Å². The Bertz CT molecular complexity index is 1630. The quantitative estimate of drug-likeness (QED) is 0.0854. The first kappa shape index (κ1) is 34.3. The number of unbranched alkanes of at least 4 members (excludes halogenated alkanes) is 2. The van der Waals surface area contributed by atoms with Crippen molar-refractivity contribution in [1.82, 2.24) is 0 Å². The summed E-state index contributed by atoms with van der Waals surface area (Å²) in [4.78, 5) is 0. The minimum absolute atomic E-state index is 0.103. The highest BCUT2D eigenvalue weighted by Crippen LogP contribution is 2.39. The van der Waals surface area contributed by atoms with Crippen LogP contribution in [0.2, 0.25) is 0 Å². The molecule has 0 atom stereocenters. The lowest BCUT2D eigenvalue weighted by Crippen LogP contribution is -2.25. The summed E-state index contributed by atoms with van der Waals surface area (Å²) in [6.07, 6.45) is 5.30. The smallest absolute Gasteiger partial charge is 0.432 e. The van der Waals surface area contributed by atoms with Crippen LogP contribution in [0.4, 0.5) is 35.1 Å². The van der Waals surface area contributed by atoms with E-state index in [4.69, 9.17) is 4.74 Å². The first-order chi connectivity index (χ1) is 22.4. The number of ether oxygens (including phenoxy) is 2. The van der Waals surface area contributed by atoms with Crippen molar-refractivity contribution in [1.29, 1.82) is 0 Å². The number of benzene rings is 4. The van der Waals surface area contributed by atoms with Gasteiger partial charge >= 0.3 is 6.11 Å². The highest BCUT2D eigenvalue weighted by molar-refractivity contribution is 5.66. The number of alkyl halides is 2. The molecule has 2 nitrogen and oxygen atoms in total. The van der Waals surface area contributed by atoms with Crippen molar-refractivity contribution in [3.05, 3.63) is 118 Å². The molecule has 4 aromatic rings. The Morgan fingerprint density at radius 1 is 0.681 bits per heavy atom. The molecule has 0 amide bonds. The zero-order chi connectivity index (χ0) is 33.7. The summed E-state index contributed by atoms with van der Waals surface area (Å²) in [5.74, 6) is -9.84. The third kappa shape index (κ3) is 8.26. The Morgan fingerprint density at radius 3 is 1.89 bits per heavy atom. The topological polar surface area (TPSA) is 18.5 Å². The minimum atomic E-state index is -4.76. The van der Waals surface area contributed by atoms with Gasteiger partial charge < -0.3 is 9.47 Å². The molecule has 1 aliphatic rings. The molecule has 250 valence electrons. The van der Waals surface area contributed by atoms with E-state index in [1.807, 2.05) is 12.1 Å². The van der Waals surface area contributed by atoms with Gasteiger partial charge in [0, 0.05) is 23.8 Å². The van der Waals surface area contributed by atoms with E-state index in [1.54, 1.807) is 0 Å². The van der Waals surface area contributed by atoms with E-state index in [-0.39, 0.29) is 30.1 Å². The summed E-state index contributed by atoms with van der Waals surface area (Å²) >= 11 is 0. The minimum Gasteiger partial charge on any atom is -0.489 e. The molecule has 1 saturated carbocycles. The molecule has 0 spiro atoms. The predicted molar refractivity (Wildman–Crippen MR) is 162 cm³/mol. The van der Waals surface area contributed by atoms with Crippen LogP contribution in [0.3, 0.4) is 0 Å². The number of hydrogen-bond acceptors (Lipinski definition) is 2. The van der Waals surface area contributed by atoms with Gasteiger partial charge in [-0.15, -0.1) is 0 Å². The van der Waals surface area contributed by atoms with Crippen LogP contribution >= 0.6 is 0 Å². The molecule has 0 heterocycles. The van der Waals surface area contributed by atoms with E-state index in [2.05, 4.69) is 23.8 Å². The average Bonchev–Trinajstić information content (AvgIpc) is 3.02. The van der Waals surface area contributed by atoms with E-state index < -0.39 is 57.9 Å². The van der Waals surface area contributed by atoms with Crippen molar-refractivity contribution >= 4 is 0 Å². The largest absolute Gasteiger partial charge is 0.489 e. The van der Waals surface area contributed by atoms with Crippen LogP contribution in [0.5, 0.6) is 11.5 Å². The molecule has 0 aliphatic heterocycles. The van der Waals surface area contributed by atoms with Gasteiger partial charge in [0.25, 0.3) is 0 Å². The highest BCUT2D eigenvalue weighted by atomic mass is 19.3. The molecule has 0 unspecified atom stereocenters. The molecule has 1 aliphatic carbocycles. The van der Waals surface area contributed by atoms with Gasteiger partial charge in [-0.05, 0) is 78.5 Å². The van der Waals surface area contributed by atoms with Crippen molar-refractivity contribution in [2.45, 2.75) is 76.9 Å². The van der Waals surface area contributed by atoms with Gasteiger partial charge in [-0.2, -0.15) is 8.78 Å². The van der Waals surface area contributed by atoms with Crippen molar-refractivity contribution in [3.8, 4) is 22.6 Å². The van der Waals surface area contributed by atoms with Crippen LogP contribution in [0.1, 0.15) is 80.9 Å². The molecule has 1 fully saturated rings. The van der Waals surface area contributed by atoms with Crippen LogP contribution in [-0.4, -0.2) is 0 Å².